The van der Waals surface area contributed by atoms with Crippen LogP contribution in [0.15, 0.2) is 0 Å². The van der Waals surface area contributed by atoms with Crippen LogP contribution in [0.5, 0.6) is 0 Å². The third-order valence-corrected chi connectivity index (χ3v) is 2.49. The Kier molecular flexibility index (Phi) is 9.78. The molecule has 0 unspecified atom stereocenters. The molecule has 0 bridgehead atoms. The number of carbonyl (C=O) groups is 2. The van der Waals surface area contributed by atoms with Crippen LogP contribution in [0, 0.1) is 5.92 Å². The highest BCUT2D eigenvalue weighted by Crippen LogP contribution is 2.06. The van der Waals surface area contributed by atoms with Crippen LogP contribution in [0.4, 0.5) is 0 Å². The van der Waals surface area contributed by atoms with Crippen molar-refractivity contribution >= 4 is 11.8 Å². The molecule has 0 aliphatic rings. The quantitative estimate of drug-likeness (QED) is 0.435. The molecule has 0 heterocycles. The maximum absolute atomic E-state index is 11.4. The first-order valence-corrected chi connectivity index (χ1v) is 6.73. The molecule has 0 rings (SSSR count). The van der Waals surface area contributed by atoms with Crippen LogP contribution in [0.1, 0.15) is 65.7 Å². The summed E-state index contributed by atoms with van der Waals surface area (Å²) in [6, 6.07) is 0. The summed E-state index contributed by atoms with van der Waals surface area (Å²) in [5.74, 6) is 0.284. The van der Waals surface area contributed by atoms with E-state index in [4.69, 9.17) is 4.74 Å². The van der Waals surface area contributed by atoms with Crippen LogP contribution in [-0.4, -0.2) is 18.4 Å². The van der Waals surface area contributed by atoms with Gasteiger partial charge in [0.25, 0.3) is 0 Å². The Morgan fingerprint density at radius 2 is 1.71 bits per heavy atom. The number of rotatable bonds is 10. The van der Waals surface area contributed by atoms with Gasteiger partial charge < -0.3 is 4.74 Å². The normalized spacial score (nSPS) is 10.6. The molecule has 100 valence electrons. The number of ether oxygens (including phenoxy) is 1. The minimum absolute atomic E-state index is 0.183. The van der Waals surface area contributed by atoms with E-state index in [1.165, 1.54) is 12.8 Å². The molecule has 3 heteroatoms. The Hall–Kier alpha value is -0.860. The molecule has 0 amide bonds. The van der Waals surface area contributed by atoms with E-state index in [-0.39, 0.29) is 18.2 Å². The first-order chi connectivity index (χ1) is 8.06. The summed E-state index contributed by atoms with van der Waals surface area (Å²) >= 11 is 0. The van der Waals surface area contributed by atoms with Gasteiger partial charge in [-0.05, 0) is 12.3 Å². The molecule has 0 radical (unpaired) electrons. The second-order valence-electron chi connectivity index (χ2n) is 4.93. The molecule has 0 saturated carbocycles. The number of ketones is 1. The van der Waals surface area contributed by atoms with E-state index in [1.54, 1.807) is 0 Å². The zero-order chi connectivity index (χ0) is 13.1. The topological polar surface area (TPSA) is 43.4 Å². The van der Waals surface area contributed by atoms with Crippen LogP contribution in [-0.2, 0) is 14.3 Å². The summed E-state index contributed by atoms with van der Waals surface area (Å²) in [6.07, 6.45) is 5.60. The van der Waals surface area contributed by atoms with Gasteiger partial charge in [-0.25, -0.2) is 0 Å². The van der Waals surface area contributed by atoms with Crippen molar-refractivity contribution in [3.63, 3.8) is 0 Å². The molecule has 3 nitrogen and oxygen atoms in total. The van der Waals surface area contributed by atoms with Gasteiger partial charge in [0.1, 0.15) is 5.78 Å². The van der Waals surface area contributed by atoms with Crippen LogP contribution < -0.4 is 0 Å². The predicted molar refractivity (Wildman–Crippen MR) is 68.8 cm³/mol. The third-order valence-electron chi connectivity index (χ3n) is 2.49. The average molecular weight is 242 g/mol. The van der Waals surface area contributed by atoms with Crippen LogP contribution in [0.25, 0.3) is 0 Å². The molecular formula is C14H26O3. The van der Waals surface area contributed by atoms with Crippen molar-refractivity contribution in [2.75, 3.05) is 6.61 Å². The van der Waals surface area contributed by atoms with Gasteiger partial charge in [-0.15, -0.1) is 0 Å². The molecule has 0 aliphatic carbocycles. The fourth-order valence-electron chi connectivity index (χ4n) is 1.45. The Bertz CT molecular complexity index is 222. The minimum Gasteiger partial charge on any atom is -0.465 e. The highest BCUT2D eigenvalue weighted by Gasteiger charge is 2.08. The summed E-state index contributed by atoms with van der Waals surface area (Å²) in [7, 11) is 0. The number of esters is 1. The van der Waals surface area contributed by atoms with Crippen molar-refractivity contribution in [1.82, 2.24) is 0 Å². The fraction of sp³-hybridized carbons (Fsp3) is 0.857. The average Bonchev–Trinajstić information content (AvgIpc) is 2.29. The molecular weight excluding hydrogens is 216 g/mol. The molecule has 0 aromatic carbocycles. The largest absolute Gasteiger partial charge is 0.465 e. The monoisotopic (exact) mass is 242 g/mol. The molecule has 0 aliphatic heterocycles. The Morgan fingerprint density at radius 1 is 1.00 bits per heavy atom. The second-order valence-corrected chi connectivity index (χ2v) is 4.93. The molecule has 0 atom stereocenters. The third kappa shape index (κ3) is 11.4. The van der Waals surface area contributed by atoms with Crippen LogP contribution in [0.2, 0.25) is 0 Å². The van der Waals surface area contributed by atoms with Crippen LogP contribution in [0.3, 0.4) is 0 Å². The van der Waals surface area contributed by atoms with E-state index < -0.39 is 0 Å². The van der Waals surface area contributed by atoms with Gasteiger partial charge in [0.05, 0.1) is 13.0 Å². The van der Waals surface area contributed by atoms with Crippen molar-refractivity contribution in [2.24, 2.45) is 5.92 Å². The first-order valence-electron chi connectivity index (χ1n) is 6.73. The lowest BCUT2D eigenvalue weighted by molar-refractivity contribution is -0.145. The maximum atomic E-state index is 11.4. The fourth-order valence-corrected chi connectivity index (χ4v) is 1.45. The second kappa shape index (κ2) is 10.3. The summed E-state index contributed by atoms with van der Waals surface area (Å²) in [5.41, 5.74) is 0. The molecule has 0 spiro atoms. The van der Waals surface area contributed by atoms with Gasteiger partial charge in [0.15, 0.2) is 0 Å². The number of unbranched alkanes of at least 4 members (excludes halogenated alkanes) is 3. The van der Waals surface area contributed by atoms with Gasteiger partial charge in [-0.1, -0.05) is 40.0 Å². The van der Waals surface area contributed by atoms with E-state index in [0.29, 0.717) is 25.4 Å². The highest BCUT2D eigenvalue weighted by molar-refractivity contribution is 5.82. The molecule has 0 aromatic rings. The van der Waals surface area contributed by atoms with Gasteiger partial charge in [0, 0.05) is 12.8 Å². The SMILES string of the molecule is CCCCCCC(=O)CCC(=O)OCC(C)C. The predicted octanol–water partition coefficient (Wildman–Crippen LogP) is 3.51. The number of hydrogen-bond donors (Lipinski definition) is 0. The van der Waals surface area contributed by atoms with E-state index in [2.05, 4.69) is 6.92 Å². The molecule has 17 heavy (non-hydrogen) atoms. The van der Waals surface area contributed by atoms with Crippen molar-refractivity contribution < 1.29 is 14.3 Å². The van der Waals surface area contributed by atoms with E-state index >= 15 is 0 Å². The van der Waals surface area contributed by atoms with Crippen LogP contribution >= 0.6 is 0 Å². The molecule has 0 saturated heterocycles. The number of carbonyl (C=O) groups excluding carboxylic acids is 2. The summed E-state index contributed by atoms with van der Waals surface area (Å²) in [6.45, 7) is 6.58. The van der Waals surface area contributed by atoms with Crippen molar-refractivity contribution in [1.29, 1.82) is 0 Å². The van der Waals surface area contributed by atoms with E-state index in [9.17, 15) is 9.59 Å². The first kappa shape index (κ1) is 16.1. The molecule has 0 fully saturated rings. The van der Waals surface area contributed by atoms with Crippen molar-refractivity contribution in [2.45, 2.75) is 65.7 Å². The minimum atomic E-state index is -0.249. The zero-order valence-corrected chi connectivity index (χ0v) is 11.5. The van der Waals surface area contributed by atoms with Gasteiger partial charge in [-0.2, -0.15) is 0 Å². The number of hydrogen-bond acceptors (Lipinski definition) is 3. The van der Waals surface area contributed by atoms with Crippen molar-refractivity contribution in [3.8, 4) is 0 Å². The maximum Gasteiger partial charge on any atom is 0.306 e. The standard InChI is InChI=1S/C14H26O3/c1-4-5-6-7-8-13(15)9-10-14(16)17-11-12(2)3/h12H,4-11H2,1-3H3. The lowest BCUT2D eigenvalue weighted by Crippen LogP contribution is -2.11. The molecule has 0 aromatic heterocycles. The van der Waals surface area contributed by atoms with Gasteiger partial charge in [-0.3, -0.25) is 9.59 Å². The summed E-state index contributed by atoms with van der Waals surface area (Å²) < 4.78 is 5.01. The summed E-state index contributed by atoms with van der Waals surface area (Å²) in [5, 5.41) is 0. The van der Waals surface area contributed by atoms with E-state index in [0.717, 1.165) is 12.8 Å². The zero-order valence-electron chi connectivity index (χ0n) is 11.5. The molecule has 0 N–H and O–H groups in total. The van der Waals surface area contributed by atoms with Crippen molar-refractivity contribution in [3.05, 3.63) is 0 Å². The Labute approximate surface area is 105 Å². The summed E-state index contributed by atoms with van der Waals surface area (Å²) in [4.78, 5) is 22.7. The Morgan fingerprint density at radius 3 is 2.29 bits per heavy atom. The van der Waals surface area contributed by atoms with Gasteiger partial charge >= 0.3 is 5.97 Å². The smallest absolute Gasteiger partial charge is 0.306 e. The van der Waals surface area contributed by atoms with Gasteiger partial charge in [0.2, 0.25) is 0 Å². The lowest BCUT2D eigenvalue weighted by Gasteiger charge is -2.06. The van der Waals surface area contributed by atoms with E-state index in [1.807, 2.05) is 13.8 Å². The number of Topliss-reactive ketones (excluding diaryl/α,β-unsaturated/α-hetero) is 1. The highest BCUT2D eigenvalue weighted by atomic mass is 16.5. The Balaban J connectivity index is 3.45. The lowest BCUT2D eigenvalue weighted by atomic mass is 10.1.